The summed E-state index contributed by atoms with van der Waals surface area (Å²) in [6.07, 6.45) is 3.12. The van der Waals surface area contributed by atoms with E-state index in [2.05, 4.69) is 29.6 Å². The first-order valence-corrected chi connectivity index (χ1v) is 9.44. The summed E-state index contributed by atoms with van der Waals surface area (Å²) in [6, 6.07) is 18.3. The molecule has 1 amide bonds. The summed E-state index contributed by atoms with van der Waals surface area (Å²) in [6.45, 7) is 2.26. The summed E-state index contributed by atoms with van der Waals surface area (Å²) in [5, 5.41) is 3.10. The summed E-state index contributed by atoms with van der Waals surface area (Å²) in [5.41, 5.74) is 9.18. The highest BCUT2D eigenvalue weighted by atomic mass is 35.5. The van der Waals surface area contributed by atoms with Gasteiger partial charge >= 0.3 is 0 Å². The van der Waals surface area contributed by atoms with Crippen LogP contribution in [0, 0.1) is 11.8 Å². The second-order valence-corrected chi connectivity index (χ2v) is 7.00. The maximum absolute atomic E-state index is 12.5. The summed E-state index contributed by atoms with van der Waals surface area (Å²) in [4.78, 5) is 12.5. The van der Waals surface area contributed by atoms with Crippen molar-refractivity contribution in [2.45, 2.75) is 39.0 Å². The van der Waals surface area contributed by atoms with E-state index in [1.165, 1.54) is 0 Å². The van der Waals surface area contributed by atoms with Crippen molar-refractivity contribution in [2.75, 3.05) is 6.54 Å². The fraction of sp³-hybridized carbons (Fsp3) is 0.409. The lowest BCUT2D eigenvalue weighted by atomic mass is 9.95. The molecule has 1 fully saturated rings. The van der Waals surface area contributed by atoms with Crippen LogP contribution < -0.4 is 11.1 Å². The number of halogens is 1. The van der Waals surface area contributed by atoms with Gasteiger partial charge in [-0.1, -0.05) is 61.0 Å². The normalized spacial score (nSPS) is 18.7. The molecular formula is C22H29ClN2O2. The van der Waals surface area contributed by atoms with Gasteiger partial charge in [0.1, 0.15) is 0 Å². The third kappa shape index (κ3) is 6.06. The van der Waals surface area contributed by atoms with Crippen LogP contribution in [0.15, 0.2) is 54.6 Å². The number of carbonyl (C=O) groups excluding carboxylic acids is 1. The summed E-state index contributed by atoms with van der Waals surface area (Å²) < 4.78 is 5.86. The molecule has 5 heteroatoms. The maximum atomic E-state index is 12.5. The average molecular weight is 389 g/mol. The molecule has 2 aromatic carbocycles. The van der Waals surface area contributed by atoms with Crippen LogP contribution in [0.5, 0.6) is 0 Å². The SMILES string of the molecule is Cl.NC[C@H]1CCC[C@H]1C(=O)NCc1ccccc1COCc1ccccc1. The number of hydrogen-bond acceptors (Lipinski definition) is 3. The number of benzene rings is 2. The minimum atomic E-state index is 0. The zero-order valence-corrected chi connectivity index (χ0v) is 16.4. The highest BCUT2D eigenvalue weighted by molar-refractivity contribution is 5.85. The fourth-order valence-corrected chi connectivity index (χ4v) is 3.70. The van der Waals surface area contributed by atoms with E-state index in [1.54, 1.807) is 0 Å². The third-order valence-corrected chi connectivity index (χ3v) is 5.24. The molecule has 2 atom stereocenters. The minimum absolute atomic E-state index is 0. The summed E-state index contributed by atoms with van der Waals surface area (Å²) in [7, 11) is 0. The van der Waals surface area contributed by atoms with Crippen LogP contribution in [-0.2, 0) is 29.3 Å². The molecule has 1 aliphatic carbocycles. The van der Waals surface area contributed by atoms with Gasteiger partial charge in [-0.15, -0.1) is 12.4 Å². The Morgan fingerprint density at radius 1 is 1.00 bits per heavy atom. The lowest BCUT2D eigenvalue weighted by molar-refractivity contribution is -0.126. The lowest BCUT2D eigenvalue weighted by Gasteiger charge is -2.18. The van der Waals surface area contributed by atoms with Crippen LogP contribution in [0.4, 0.5) is 0 Å². The monoisotopic (exact) mass is 388 g/mol. The number of carbonyl (C=O) groups is 1. The molecule has 0 heterocycles. The first kappa shape index (κ1) is 21.4. The molecule has 0 spiro atoms. The van der Waals surface area contributed by atoms with Crippen LogP contribution in [0.3, 0.4) is 0 Å². The van der Waals surface area contributed by atoms with Gasteiger partial charge in [-0.2, -0.15) is 0 Å². The van der Waals surface area contributed by atoms with Gasteiger partial charge in [-0.3, -0.25) is 4.79 Å². The van der Waals surface area contributed by atoms with Gasteiger partial charge < -0.3 is 15.8 Å². The molecule has 3 rings (SSSR count). The maximum Gasteiger partial charge on any atom is 0.223 e. The van der Waals surface area contributed by atoms with Gasteiger partial charge in [0.15, 0.2) is 0 Å². The van der Waals surface area contributed by atoms with Crippen LogP contribution in [0.2, 0.25) is 0 Å². The number of amides is 1. The molecule has 4 nitrogen and oxygen atoms in total. The molecule has 0 bridgehead atoms. The van der Waals surface area contributed by atoms with E-state index in [0.29, 0.717) is 32.2 Å². The Hall–Kier alpha value is -1.88. The van der Waals surface area contributed by atoms with Gasteiger partial charge in [0.2, 0.25) is 5.91 Å². The van der Waals surface area contributed by atoms with Crippen molar-refractivity contribution in [1.29, 1.82) is 0 Å². The van der Waals surface area contributed by atoms with Gasteiger partial charge in [0.25, 0.3) is 0 Å². The Morgan fingerprint density at radius 2 is 1.70 bits per heavy atom. The predicted molar refractivity (Wildman–Crippen MR) is 110 cm³/mol. The van der Waals surface area contributed by atoms with Crippen molar-refractivity contribution >= 4 is 18.3 Å². The Labute approximate surface area is 167 Å². The van der Waals surface area contributed by atoms with Gasteiger partial charge in [0, 0.05) is 12.5 Å². The van der Waals surface area contributed by atoms with Crippen LogP contribution in [-0.4, -0.2) is 12.5 Å². The lowest BCUT2D eigenvalue weighted by Crippen LogP contribution is -2.34. The number of ether oxygens (including phenoxy) is 1. The van der Waals surface area contributed by atoms with E-state index in [0.717, 1.165) is 36.0 Å². The summed E-state index contributed by atoms with van der Waals surface area (Å²) >= 11 is 0. The number of hydrogen-bond donors (Lipinski definition) is 2. The average Bonchev–Trinajstić information content (AvgIpc) is 3.17. The molecule has 27 heavy (non-hydrogen) atoms. The van der Waals surface area contributed by atoms with Crippen LogP contribution in [0.1, 0.15) is 36.0 Å². The molecule has 0 unspecified atom stereocenters. The van der Waals surface area contributed by atoms with Crippen LogP contribution >= 0.6 is 12.4 Å². The van der Waals surface area contributed by atoms with Gasteiger partial charge in [-0.25, -0.2) is 0 Å². The quantitative estimate of drug-likeness (QED) is 0.722. The van der Waals surface area contributed by atoms with Crippen molar-refractivity contribution in [2.24, 2.45) is 17.6 Å². The first-order valence-electron chi connectivity index (χ1n) is 9.44. The Bertz CT molecular complexity index is 708. The van der Waals surface area contributed by atoms with E-state index < -0.39 is 0 Å². The standard InChI is InChI=1S/C22H28N2O2.ClH/c23-13-18-11-6-12-21(18)22(25)24-14-19-9-4-5-10-20(19)16-26-15-17-7-2-1-3-8-17;/h1-5,7-10,18,21H,6,11-16,23H2,(H,24,25);1H/t18-,21-;/m1./s1. The zero-order valence-electron chi connectivity index (χ0n) is 15.6. The van der Waals surface area contributed by atoms with Crippen LogP contribution in [0.25, 0.3) is 0 Å². The Morgan fingerprint density at radius 3 is 2.44 bits per heavy atom. The molecule has 2 aromatic rings. The van der Waals surface area contributed by atoms with Crippen molar-refractivity contribution in [3.05, 3.63) is 71.3 Å². The largest absolute Gasteiger partial charge is 0.372 e. The number of nitrogens with one attached hydrogen (secondary N) is 1. The summed E-state index contributed by atoms with van der Waals surface area (Å²) in [5.74, 6) is 0.541. The third-order valence-electron chi connectivity index (χ3n) is 5.24. The minimum Gasteiger partial charge on any atom is -0.372 e. The predicted octanol–water partition coefficient (Wildman–Crippen LogP) is 3.82. The smallest absolute Gasteiger partial charge is 0.223 e. The van der Waals surface area contributed by atoms with Gasteiger partial charge in [-0.05, 0) is 42.0 Å². The van der Waals surface area contributed by atoms with E-state index in [4.69, 9.17) is 10.5 Å². The Kier molecular flexibility index (Phi) is 8.79. The molecular weight excluding hydrogens is 360 g/mol. The number of nitrogens with two attached hydrogens (primary N) is 1. The zero-order chi connectivity index (χ0) is 18.2. The van der Waals surface area contributed by atoms with E-state index in [1.807, 2.05) is 30.3 Å². The molecule has 0 saturated heterocycles. The van der Waals surface area contributed by atoms with E-state index in [9.17, 15) is 4.79 Å². The second-order valence-electron chi connectivity index (χ2n) is 7.00. The van der Waals surface area contributed by atoms with E-state index in [-0.39, 0.29) is 24.2 Å². The van der Waals surface area contributed by atoms with Crippen molar-refractivity contribution < 1.29 is 9.53 Å². The molecule has 146 valence electrons. The Balaban J connectivity index is 0.00000261. The molecule has 3 N–H and O–H groups in total. The fourth-order valence-electron chi connectivity index (χ4n) is 3.70. The highest BCUT2D eigenvalue weighted by Crippen LogP contribution is 2.31. The first-order chi connectivity index (χ1) is 12.8. The van der Waals surface area contributed by atoms with Crippen molar-refractivity contribution in [3.63, 3.8) is 0 Å². The molecule has 1 aliphatic rings. The van der Waals surface area contributed by atoms with Crippen molar-refractivity contribution in [1.82, 2.24) is 5.32 Å². The number of rotatable bonds is 8. The second kappa shape index (κ2) is 11.1. The van der Waals surface area contributed by atoms with Crippen molar-refractivity contribution in [3.8, 4) is 0 Å². The molecule has 1 saturated carbocycles. The molecule has 0 aromatic heterocycles. The molecule has 0 radical (unpaired) electrons. The molecule has 0 aliphatic heterocycles. The highest BCUT2D eigenvalue weighted by Gasteiger charge is 2.31. The van der Waals surface area contributed by atoms with E-state index >= 15 is 0 Å². The topological polar surface area (TPSA) is 64.4 Å². The van der Waals surface area contributed by atoms with Gasteiger partial charge in [0.05, 0.1) is 13.2 Å².